The van der Waals surface area contributed by atoms with Gasteiger partial charge in [0.25, 0.3) is 5.91 Å². The molecule has 136 valence electrons. The van der Waals surface area contributed by atoms with Crippen LogP contribution < -0.4 is 5.32 Å². The molecule has 0 fully saturated rings. The van der Waals surface area contributed by atoms with Crippen molar-refractivity contribution in [2.24, 2.45) is 0 Å². The highest BCUT2D eigenvalue weighted by atomic mass is 35.5. The molecule has 0 aliphatic heterocycles. The molecular formula is C24H17ClN2O. The van der Waals surface area contributed by atoms with E-state index in [9.17, 15) is 4.79 Å². The molecule has 4 heteroatoms. The van der Waals surface area contributed by atoms with Gasteiger partial charge in [-0.05, 0) is 48.0 Å². The van der Waals surface area contributed by atoms with E-state index in [2.05, 4.69) is 16.4 Å². The van der Waals surface area contributed by atoms with E-state index in [1.165, 1.54) is 0 Å². The number of nitrogens with zero attached hydrogens (tertiary/aromatic N) is 1. The third kappa shape index (κ3) is 4.11. The van der Waals surface area contributed by atoms with Crippen LogP contribution in [0.4, 0.5) is 5.69 Å². The molecule has 1 N–H and O–H groups in total. The van der Waals surface area contributed by atoms with Crippen molar-refractivity contribution in [3.63, 3.8) is 0 Å². The van der Waals surface area contributed by atoms with Crippen LogP contribution in [0.2, 0.25) is 5.02 Å². The van der Waals surface area contributed by atoms with Gasteiger partial charge in [-0.15, -0.1) is 0 Å². The molecule has 1 heterocycles. The zero-order valence-electron chi connectivity index (χ0n) is 15.0. The number of nitrogens with one attached hydrogen (secondary N) is 1. The first-order valence-electron chi connectivity index (χ1n) is 8.89. The van der Waals surface area contributed by atoms with Gasteiger partial charge in [-0.25, -0.2) is 4.98 Å². The number of rotatable bonds is 4. The number of pyridine rings is 1. The summed E-state index contributed by atoms with van der Waals surface area (Å²) in [4.78, 5) is 17.1. The zero-order valence-corrected chi connectivity index (χ0v) is 15.7. The normalized spacial score (nSPS) is 11.0. The third-order valence-electron chi connectivity index (χ3n) is 4.33. The van der Waals surface area contributed by atoms with Gasteiger partial charge in [0.05, 0.1) is 21.8 Å². The van der Waals surface area contributed by atoms with Crippen LogP contribution in [0.25, 0.3) is 23.1 Å². The average Bonchev–Trinajstić information content (AvgIpc) is 2.72. The predicted octanol–water partition coefficient (Wildman–Crippen LogP) is 6.31. The van der Waals surface area contributed by atoms with Gasteiger partial charge >= 0.3 is 0 Å². The lowest BCUT2D eigenvalue weighted by Gasteiger charge is -2.07. The summed E-state index contributed by atoms with van der Waals surface area (Å²) in [6.07, 6.45) is 3.93. The third-order valence-corrected chi connectivity index (χ3v) is 4.66. The second-order valence-corrected chi connectivity index (χ2v) is 6.73. The molecule has 0 spiro atoms. The Morgan fingerprint density at radius 2 is 1.68 bits per heavy atom. The first-order chi connectivity index (χ1) is 13.7. The Kier molecular flexibility index (Phi) is 5.18. The van der Waals surface area contributed by atoms with Gasteiger partial charge in [0.2, 0.25) is 0 Å². The van der Waals surface area contributed by atoms with Crippen LogP contribution in [-0.2, 0) is 0 Å². The first kappa shape index (κ1) is 18.0. The number of fused-ring (bicyclic) bond motifs is 1. The smallest absolute Gasteiger partial charge is 0.257 e. The number of hydrogen-bond donors (Lipinski definition) is 1. The number of amides is 1. The lowest BCUT2D eigenvalue weighted by atomic mass is 10.1. The maximum absolute atomic E-state index is 12.4. The highest BCUT2D eigenvalue weighted by Gasteiger charge is 2.09. The van der Waals surface area contributed by atoms with Crippen molar-refractivity contribution in [3.8, 4) is 0 Å². The van der Waals surface area contributed by atoms with E-state index in [0.29, 0.717) is 16.3 Å². The molecule has 28 heavy (non-hydrogen) atoms. The van der Waals surface area contributed by atoms with Crippen LogP contribution in [-0.4, -0.2) is 10.9 Å². The molecular weight excluding hydrogens is 368 g/mol. The van der Waals surface area contributed by atoms with Crippen LogP contribution in [0.5, 0.6) is 0 Å². The molecule has 1 aromatic heterocycles. The van der Waals surface area contributed by atoms with Gasteiger partial charge in [-0.3, -0.25) is 4.79 Å². The monoisotopic (exact) mass is 384 g/mol. The van der Waals surface area contributed by atoms with E-state index >= 15 is 0 Å². The van der Waals surface area contributed by atoms with Gasteiger partial charge in [-0.1, -0.05) is 66.2 Å². The van der Waals surface area contributed by atoms with Crippen molar-refractivity contribution in [2.45, 2.75) is 0 Å². The summed E-state index contributed by atoms with van der Waals surface area (Å²) >= 11 is 6.10. The van der Waals surface area contributed by atoms with Crippen molar-refractivity contribution < 1.29 is 4.79 Å². The topological polar surface area (TPSA) is 42.0 Å². The molecule has 0 radical (unpaired) electrons. The van der Waals surface area contributed by atoms with Gasteiger partial charge in [0, 0.05) is 11.1 Å². The molecule has 0 unspecified atom stereocenters. The van der Waals surface area contributed by atoms with Gasteiger partial charge in [0.1, 0.15) is 0 Å². The number of para-hydroxylation sites is 1. The number of carbonyl (C=O) groups is 1. The van der Waals surface area contributed by atoms with Crippen molar-refractivity contribution in [2.75, 3.05) is 5.32 Å². The zero-order chi connectivity index (χ0) is 19.3. The minimum absolute atomic E-state index is 0.233. The molecule has 4 rings (SSSR count). The standard InChI is InChI=1S/C24H17ClN2O/c25-22-10-3-2-9-21(22)24(28)27-20-8-5-6-17(16-20)12-14-19-15-13-18-7-1-4-11-23(18)26-19/h1-16H,(H,27,28)/b14-12+. The number of anilines is 1. The summed E-state index contributed by atoms with van der Waals surface area (Å²) in [5, 5.41) is 4.43. The Bertz CT molecular complexity index is 1180. The van der Waals surface area contributed by atoms with E-state index in [1.807, 2.05) is 66.7 Å². The molecule has 0 saturated carbocycles. The van der Waals surface area contributed by atoms with E-state index in [4.69, 9.17) is 11.6 Å². The highest BCUT2D eigenvalue weighted by Crippen LogP contribution is 2.19. The number of benzene rings is 3. The second kappa shape index (κ2) is 8.07. The SMILES string of the molecule is O=C(Nc1cccc(/C=C/c2ccc3ccccc3n2)c1)c1ccccc1Cl. The Hall–Kier alpha value is -3.43. The van der Waals surface area contributed by atoms with Gasteiger partial charge < -0.3 is 5.32 Å². The Labute approximate surface area is 168 Å². The van der Waals surface area contributed by atoms with E-state index in [1.54, 1.807) is 24.3 Å². The van der Waals surface area contributed by atoms with Gasteiger partial charge in [-0.2, -0.15) is 0 Å². The van der Waals surface area contributed by atoms with Crippen LogP contribution in [0.3, 0.4) is 0 Å². The minimum Gasteiger partial charge on any atom is -0.322 e. The average molecular weight is 385 g/mol. The van der Waals surface area contributed by atoms with Gasteiger partial charge in [0.15, 0.2) is 0 Å². The second-order valence-electron chi connectivity index (χ2n) is 6.32. The fraction of sp³-hybridized carbons (Fsp3) is 0. The van der Waals surface area contributed by atoms with Crippen LogP contribution in [0.15, 0.2) is 84.9 Å². The first-order valence-corrected chi connectivity index (χ1v) is 9.27. The van der Waals surface area contributed by atoms with E-state index in [-0.39, 0.29) is 5.91 Å². The fourth-order valence-corrected chi connectivity index (χ4v) is 3.14. The van der Waals surface area contributed by atoms with Crippen molar-refractivity contribution in [3.05, 3.63) is 107 Å². The molecule has 0 saturated heterocycles. The molecule has 0 aliphatic carbocycles. The van der Waals surface area contributed by atoms with E-state index < -0.39 is 0 Å². The molecule has 4 aromatic rings. The van der Waals surface area contributed by atoms with Crippen LogP contribution in [0, 0.1) is 0 Å². The Balaban J connectivity index is 1.52. The van der Waals surface area contributed by atoms with Crippen LogP contribution >= 0.6 is 11.6 Å². The predicted molar refractivity (Wildman–Crippen MR) is 117 cm³/mol. The van der Waals surface area contributed by atoms with Crippen molar-refractivity contribution in [1.29, 1.82) is 0 Å². The summed E-state index contributed by atoms with van der Waals surface area (Å²) in [6, 6.07) is 26.7. The van der Waals surface area contributed by atoms with Crippen molar-refractivity contribution >= 4 is 46.3 Å². The maximum Gasteiger partial charge on any atom is 0.257 e. The Morgan fingerprint density at radius 1 is 0.857 bits per heavy atom. The number of halogens is 1. The molecule has 0 atom stereocenters. The Morgan fingerprint density at radius 3 is 2.57 bits per heavy atom. The maximum atomic E-state index is 12.4. The summed E-state index contributed by atoms with van der Waals surface area (Å²) in [5.74, 6) is -0.233. The van der Waals surface area contributed by atoms with Crippen molar-refractivity contribution in [1.82, 2.24) is 4.98 Å². The fourth-order valence-electron chi connectivity index (χ4n) is 2.92. The summed E-state index contributed by atoms with van der Waals surface area (Å²) < 4.78 is 0. The molecule has 3 nitrogen and oxygen atoms in total. The molecule has 1 amide bonds. The highest BCUT2D eigenvalue weighted by molar-refractivity contribution is 6.34. The van der Waals surface area contributed by atoms with E-state index in [0.717, 1.165) is 22.2 Å². The molecule has 0 aliphatic rings. The molecule has 0 bridgehead atoms. The summed E-state index contributed by atoms with van der Waals surface area (Å²) in [5.41, 5.74) is 3.96. The minimum atomic E-state index is -0.233. The van der Waals surface area contributed by atoms with Crippen LogP contribution in [0.1, 0.15) is 21.6 Å². The number of carbonyl (C=O) groups excluding carboxylic acids is 1. The largest absolute Gasteiger partial charge is 0.322 e. The molecule has 3 aromatic carbocycles. The quantitative estimate of drug-likeness (QED) is 0.448. The summed E-state index contributed by atoms with van der Waals surface area (Å²) in [6.45, 7) is 0. The lowest BCUT2D eigenvalue weighted by molar-refractivity contribution is 0.102. The lowest BCUT2D eigenvalue weighted by Crippen LogP contribution is -2.12. The number of aromatic nitrogens is 1. The number of hydrogen-bond acceptors (Lipinski definition) is 2. The summed E-state index contributed by atoms with van der Waals surface area (Å²) in [7, 11) is 0.